The number of urea groups is 1. The van der Waals surface area contributed by atoms with Crippen LogP contribution in [0, 0.1) is 18.3 Å². The predicted molar refractivity (Wildman–Crippen MR) is 90.2 cm³/mol. The summed E-state index contributed by atoms with van der Waals surface area (Å²) in [5, 5.41) is 5.74. The average molecular weight is 315 g/mol. The van der Waals surface area contributed by atoms with Crippen LogP contribution in [-0.4, -0.2) is 37.0 Å². The van der Waals surface area contributed by atoms with Crippen molar-refractivity contribution in [3.05, 3.63) is 29.8 Å². The Labute approximate surface area is 137 Å². The second-order valence-corrected chi connectivity index (χ2v) is 6.92. The van der Waals surface area contributed by atoms with Crippen molar-refractivity contribution in [3.63, 3.8) is 0 Å². The Kier molecular flexibility index (Phi) is 4.28. The molecule has 5 heteroatoms. The number of benzene rings is 1. The fourth-order valence-electron chi connectivity index (χ4n) is 4.17. The number of anilines is 1. The maximum Gasteiger partial charge on any atom is 0.321 e. The quantitative estimate of drug-likeness (QED) is 0.881. The number of carbonyl (C=O) groups excluding carboxylic acids is 2. The highest BCUT2D eigenvalue weighted by Gasteiger charge is 2.52. The number of nitrogens with one attached hydrogen (secondary N) is 2. The third-order valence-electron chi connectivity index (χ3n) is 5.37. The van der Waals surface area contributed by atoms with Crippen molar-refractivity contribution in [2.24, 2.45) is 11.3 Å². The molecular weight excluding hydrogens is 290 g/mol. The molecule has 124 valence electrons. The summed E-state index contributed by atoms with van der Waals surface area (Å²) in [6.45, 7) is 3.20. The summed E-state index contributed by atoms with van der Waals surface area (Å²) in [6.07, 6.45) is 4.39. The molecule has 1 saturated carbocycles. The predicted octanol–water partition coefficient (Wildman–Crippen LogP) is 2.77. The van der Waals surface area contributed by atoms with Gasteiger partial charge in [0.05, 0.1) is 5.92 Å². The average Bonchev–Trinajstić information content (AvgIpc) is 3.15. The van der Waals surface area contributed by atoms with Crippen LogP contribution in [0.15, 0.2) is 24.3 Å². The van der Waals surface area contributed by atoms with Gasteiger partial charge in [0.15, 0.2) is 0 Å². The SMILES string of the molecule is CNC(=O)[C@H]1CN(C(=O)Nc2cccc(C)c2)CC12CCCC2. The molecule has 1 aliphatic heterocycles. The summed E-state index contributed by atoms with van der Waals surface area (Å²) in [7, 11) is 1.68. The van der Waals surface area contributed by atoms with Gasteiger partial charge in [-0.05, 0) is 37.5 Å². The summed E-state index contributed by atoms with van der Waals surface area (Å²) < 4.78 is 0. The normalized spacial score (nSPS) is 22.3. The molecule has 0 aromatic heterocycles. The van der Waals surface area contributed by atoms with Crippen molar-refractivity contribution in [3.8, 4) is 0 Å². The number of rotatable bonds is 2. The second-order valence-electron chi connectivity index (χ2n) is 6.92. The number of likely N-dealkylation sites (tertiary alicyclic amines) is 1. The van der Waals surface area contributed by atoms with Crippen molar-refractivity contribution in [2.75, 3.05) is 25.5 Å². The number of carbonyl (C=O) groups is 2. The molecule has 1 atom stereocenters. The molecule has 2 fully saturated rings. The van der Waals surface area contributed by atoms with Crippen LogP contribution >= 0.6 is 0 Å². The van der Waals surface area contributed by atoms with Crippen LogP contribution in [0.2, 0.25) is 0 Å². The molecule has 1 aromatic carbocycles. The van der Waals surface area contributed by atoms with E-state index in [2.05, 4.69) is 10.6 Å². The molecule has 1 saturated heterocycles. The lowest BCUT2D eigenvalue weighted by Gasteiger charge is -2.28. The lowest BCUT2D eigenvalue weighted by Crippen LogP contribution is -2.38. The van der Waals surface area contributed by atoms with Crippen molar-refractivity contribution >= 4 is 17.6 Å². The first-order valence-electron chi connectivity index (χ1n) is 8.38. The minimum absolute atomic E-state index is 0.0238. The number of hydrogen-bond donors (Lipinski definition) is 2. The van der Waals surface area contributed by atoms with Crippen LogP contribution in [-0.2, 0) is 4.79 Å². The first-order valence-corrected chi connectivity index (χ1v) is 8.38. The number of nitrogens with zero attached hydrogens (tertiary/aromatic N) is 1. The Balaban J connectivity index is 1.73. The third-order valence-corrected chi connectivity index (χ3v) is 5.37. The molecule has 0 bridgehead atoms. The number of amides is 3. The van der Waals surface area contributed by atoms with Crippen molar-refractivity contribution < 1.29 is 9.59 Å². The monoisotopic (exact) mass is 315 g/mol. The molecular formula is C18H25N3O2. The third kappa shape index (κ3) is 3.05. The summed E-state index contributed by atoms with van der Waals surface area (Å²) in [5.74, 6) is -0.0176. The van der Waals surface area contributed by atoms with Crippen molar-refractivity contribution in [1.29, 1.82) is 0 Å². The topological polar surface area (TPSA) is 61.4 Å². The van der Waals surface area contributed by atoms with Crippen LogP contribution in [0.4, 0.5) is 10.5 Å². The fraction of sp³-hybridized carbons (Fsp3) is 0.556. The summed E-state index contributed by atoms with van der Waals surface area (Å²) >= 11 is 0. The van der Waals surface area contributed by atoms with Gasteiger partial charge in [0.25, 0.3) is 0 Å². The van der Waals surface area contributed by atoms with Crippen LogP contribution < -0.4 is 10.6 Å². The van der Waals surface area contributed by atoms with Crippen LogP contribution in [0.1, 0.15) is 31.2 Å². The van der Waals surface area contributed by atoms with Gasteiger partial charge in [-0.3, -0.25) is 4.79 Å². The Morgan fingerprint density at radius 3 is 2.65 bits per heavy atom. The smallest absolute Gasteiger partial charge is 0.321 e. The second kappa shape index (κ2) is 6.22. The van der Waals surface area contributed by atoms with Crippen LogP contribution in [0.3, 0.4) is 0 Å². The van der Waals surface area contributed by atoms with Gasteiger partial charge >= 0.3 is 6.03 Å². The van der Waals surface area contributed by atoms with E-state index in [0.29, 0.717) is 13.1 Å². The molecule has 1 spiro atoms. The van der Waals surface area contributed by atoms with Gasteiger partial charge < -0.3 is 15.5 Å². The standard InChI is InChI=1S/C18H25N3O2/c1-13-6-5-7-14(10-13)20-17(23)21-11-15(16(22)19-2)18(12-21)8-3-4-9-18/h5-7,10,15H,3-4,8-9,11-12H2,1-2H3,(H,19,22)(H,20,23)/t15-/m1/s1. The van der Waals surface area contributed by atoms with E-state index in [1.165, 1.54) is 0 Å². The molecule has 23 heavy (non-hydrogen) atoms. The molecule has 2 aliphatic rings. The number of hydrogen-bond acceptors (Lipinski definition) is 2. The Bertz CT molecular complexity index is 608. The molecule has 1 heterocycles. The van der Waals surface area contributed by atoms with E-state index in [9.17, 15) is 9.59 Å². The van der Waals surface area contributed by atoms with E-state index >= 15 is 0 Å². The maximum atomic E-state index is 12.6. The molecule has 3 rings (SSSR count). The number of aryl methyl sites for hydroxylation is 1. The van der Waals surface area contributed by atoms with E-state index in [1.54, 1.807) is 7.05 Å². The molecule has 2 N–H and O–H groups in total. The molecule has 0 radical (unpaired) electrons. The summed E-state index contributed by atoms with van der Waals surface area (Å²) in [4.78, 5) is 26.7. The van der Waals surface area contributed by atoms with E-state index in [4.69, 9.17) is 0 Å². The Morgan fingerprint density at radius 2 is 2.00 bits per heavy atom. The minimum Gasteiger partial charge on any atom is -0.359 e. The molecule has 1 aromatic rings. The largest absolute Gasteiger partial charge is 0.359 e. The summed E-state index contributed by atoms with van der Waals surface area (Å²) in [5.41, 5.74) is 1.89. The Morgan fingerprint density at radius 1 is 1.26 bits per heavy atom. The van der Waals surface area contributed by atoms with Crippen LogP contribution in [0.25, 0.3) is 0 Å². The van der Waals surface area contributed by atoms with Crippen molar-refractivity contribution in [2.45, 2.75) is 32.6 Å². The van der Waals surface area contributed by atoms with Crippen LogP contribution in [0.5, 0.6) is 0 Å². The highest BCUT2D eigenvalue weighted by atomic mass is 16.2. The molecule has 3 amide bonds. The van der Waals surface area contributed by atoms with E-state index < -0.39 is 0 Å². The van der Waals surface area contributed by atoms with E-state index in [0.717, 1.165) is 36.9 Å². The highest BCUT2D eigenvalue weighted by Crippen LogP contribution is 2.49. The van der Waals surface area contributed by atoms with Gasteiger partial charge in [-0.25, -0.2) is 4.79 Å². The van der Waals surface area contributed by atoms with Gasteiger partial charge in [-0.2, -0.15) is 0 Å². The minimum atomic E-state index is -0.103. The zero-order valence-electron chi connectivity index (χ0n) is 13.9. The first kappa shape index (κ1) is 15.8. The van der Waals surface area contributed by atoms with Gasteiger partial charge in [-0.15, -0.1) is 0 Å². The van der Waals surface area contributed by atoms with Gasteiger partial charge in [-0.1, -0.05) is 25.0 Å². The maximum absolute atomic E-state index is 12.6. The van der Waals surface area contributed by atoms with Gasteiger partial charge in [0.1, 0.15) is 0 Å². The zero-order valence-corrected chi connectivity index (χ0v) is 13.9. The first-order chi connectivity index (χ1) is 11.0. The van der Waals surface area contributed by atoms with Crippen molar-refractivity contribution in [1.82, 2.24) is 10.2 Å². The Hall–Kier alpha value is -2.04. The fourth-order valence-corrected chi connectivity index (χ4v) is 4.17. The van der Waals surface area contributed by atoms with E-state index in [1.807, 2.05) is 36.1 Å². The highest BCUT2D eigenvalue weighted by molar-refractivity contribution is 5.91. The van der Waals surface area contributed by atoms with Gasteiger partial charge in [0, 0.05) is 31.2 Å². The lowest BCUT2D eigenvalue weighted by atomic mass is 9.76. The molecule has 5 nitrogen and oxygen atoms in total. The summed E-state index contributed by atoms with van der Waals surface area (Å²) in [6, 6.07) is 7.67. The van der Waals surface area contributed by atoms with Gasteiger partial charge in [0.2, 0.25) is 5.91 Å². The van der Waals surface area contributed by atoms with E-state index in [-0.39, 0.29) is 23.3 Å². The molecule has 0 unspecified atom stereocenters. The lowest BCUT2D eigenvalue weighted by molar-refractivity contribution is -0.127. The zero-order chi connectivity index (χ0) is 16.4. The molecule has 1 aliphatic carbocycles.